The van der Waals surface area contributed by atoms with Crippen LogP contribution in [0.1, 0.15) is 38.7 Å². The van der Waals surface area contributed by atoms with Gasteiger partial charge in [-0.3, -0.25) is 0 Å². The number of aromatic nitrogens is 2. The number of nitrogens with zero attached hydrogens (tertiary/aromatic N) is 3. The number of nitrogens with one attached hydrogen (secondary N) is 1. The molecule has 0 saturated heterocycles. The third-order valence-corrected chi connectivity index (χ3v) is 2.74. The van der Waals surface area contributed by atoms with Gasteiger partial charge in [-0.15, -0.1) is 0 Å². The van der Waals surface area contributed by atoms with E-state index < -0.39 is 0 Å². The summed E-state index contributed by atoms with van der Waals surface area (Å²) in [5.74, 6) is 1.75. The Hall–Kier alpha value is -1.32. The molecule has 0 fully saturated rings. The maximum Gasteiger partial charge on any atom is 0.224 e. The average Bonchev–Trinajstić information content (AvgIpc) is 2.32. The molecule has 0 aliphatic heterocycles. The molecule has 4 nitrogen and oxygen atoms in total. The normalized spacial score (nSPS) is 10.4. The van der Waals surface area contributed by atoms with Gasteiger partial charge < -0.3 is 10.2 Å². The SMILES string of the molecule is CCCCCN(C)c1nc(NCC)ncc1C. The van der Waals surface area contributed by atoms with Gasteiger partial charge in [0.2, 0.25) is 5.95 Å². The van der Waals surface area contributed by atoms with Crippen LogP contribution in [0, 0.1) is 6.92 Å². The van der Waals surface area contributed by atoms with Crippen LogP contribution in [-0.2, 0) is 0 Å². The van der Waals surface area contributed by atoms with Gasteiger partial charge in [-0.25, -0.2) is 4.98 Å². The molecule has 1 aromatic rings. The van der Waals surface area contributed by atoms with Gasteiger partial charge in [-0.2, -0.15) is 4.98 Å². The molecule has 0 spiro atoms. The van der Waals surface area contributed by atoms with Crippen LogP contribution in [0.5, 0.6) is 0 Å². The molecule has 0 aliphatic rings. The van der Waals surface area contributed by atoms with Gasteiger partial charge in [-0.05, 0) is 20.3 Å². The maximum atomic E-state index is 4.54. The molecule has 1 N–H and O–H groups in total. The second-order valence-electron chi connectivity index (χ2n) is 4.36. The second-order valence-corrected chi connectivity index (χ2v) is 4.36. The fraction of sp³-hybridized carbons (Fsp3) is 0.692. The van der Waals surface area contributed by atoms with Crippen LogP contribution >= 0.6 is 0 Å². The Morgan fingerprint density at radius 3 is 2.71 bits per heavy atom. The van der Waals surface area contributed by atoms with Crippen LogP contribution in [-0.4, -0.2) is 30.1 Å². The number of aryl methyl sites for hydroxylation is 1. The lowest BCUT2D eigenvalue weighted by Crippen LogP contribution is -2.21. The van der Waals surface area contributed by atoms with E-state index >= 15 is 0 Å². The molecule has 0 aromatic carbocycles. The molecule has 1 rings (SSSR count). The molecule has 1 heterocycles. The molecule has 0 saturated carbocycles. The summed E-state index contributed by atoms with van der Waals surface area (Å²) in [6, 6.07) is 0. The van der Waals surface area contributed by atoms with Crippen LogP contribution in [0.25, 0.3) is 0 Å². The first-order valence-corrected chi connectivity index (χ1v) is 6.47. The van der Waals surface area contributed by atoms with Crippen LogP contribution in [0.4, 0.5) is 11.8 Å². The van der Waals surface area contributed by atoms with Crippen molar-refractivity contribution in [3.05, 3.63) is 11.8 Å². The highest BCUT2D eigenvalue weighted by Gasteiger charge is 2.07. The van der Waals surface area contributed by atoms with Crippen molar-refractivity contribution in [1.29, 1.82) is 0 Å². The lowest BCUT2D eigenvalue weighted by atomic mass is 10.2. The standard InChI is InChI=1S/C13H24N4/c1-5-7-8-9-17(4)12-11(3)10-15-13(16-12)14-6-2/h10H,5-9H2,1-4H3,(H,14,15,16). The molecule has 4 heteroatoms. The van der Waals surface area contributed by atoms with Crippen molar-refractivity contribution < 1.29 is 0 Å². The van der Waals surface area contributed by atoms with Gasteiger partial charge in [-0.1, -0.05) is 19.8 Å². The molecule has 0 unspecified atom stereocenters. The van der Waals surface area contributed by atoms with Gasteiger partial charge in [0.15, 0.2) is 0 Å². The summed E-state index contributed by atoms with van der Waals surface area (Å²) in [5, 5.41) is 3.15. The molecule has 0 aliphatic carbocycles. The molecular formula is C13H24N4. The highest BCUT2D eigenvalue weighted by Crippen LogP contribution is 2.17. The molecule has 0 atom stereocenters. The zero-order valence-corrected chi connectivity index (χ0v) is 11.5. The van der Waals surface area contributed by atoms with E-state index in [2.05, 4.69) is 41.1 Å². The first kappa shape index (κ1) is 13.7. The van der Waals surface area contributed by atoms with E-state index in [1.807, 2.05) is 13.1 Å². The molecule has 0 amide bonds. The lowest BCUT2D eigenvalue weighted by molar-refractivity contribution is 0.700. The van der Waals surface area contributed by atoms with E-state index in [9.17, 15) is 0 Å². The van der Waals surface area contributed by atoms with Crippen LogP contribution in [0.2, 0.25) is 0 Å². The summed E-state index contributed by atoms with van der Waals surface area (Å²) in [4.78, 5) is 11.0. The zero-order valence-electron chi connectivity index (χ0n) is 11.5. The Morgan fingerprint density at radius 2 is 2.06 bits per heavy atom. The minimum Gasteiger partial charge on any atom is -0.359 e. The summed E-state index contributed by atoms with van der Waals surface area (Å²) in [7, 11) is 2.10. The third-order valence-electron chi connectivity index (χ3n) is 2.74. The number of anilines is 2. The third kappa shape index (κ3) is 4.21. The highest BCUT2D eigenvalue weighted by atomic mass is 15.2. The molecule has 96 valence electrons. The summed E-state index contributed by atoms with van der Waals surface area (Å²) in [5.41, 5.74) is 1.13. The Balaban J connectivity index is 2.69. The van der Waals surface area contributed by atoms with E-state index in [1.54, 1.807) is 0 Å². The van der Waals surface area contributed by atoms with Crippen molar-refractivity contribution in [3.63, 3.8) is 0 Å². The molecule has 0 bridgehead atoms. The monoisotopic (exact) mass is 236 g/mol. The number of hydrogen-bond donors (Lipinski definition) is 1. The largest absolute Gasteiger partial charge is 0.359 e. The Bertz CT molecular complexity index is 338. The molecule has 17 heavy (non-hydrogen) atoms. The quantitative estimate of drug-likeness (QED) is 0.739. The topological polar surface area (TPSA) is 41.1 Å². The van der Waals surface area contributed by atoms with E-state index in [-0.39, 0.29) is 0 Å². The summed E-state index contributed by atoms with van der Waals surface area (Å²) >= 11 is 0. The van der Waals surface area contributed by atoms with E-state index in [1.165, 1.54) is 19.3 Å². The summed E-state index contributed by atoms with van der Waals surface area (Å²) < 4.78 is 0. The van der Waals surface area contributed by atoms with Crippen molar-refractivity contribution in [2.75, 3.05) is 30.4 Å². The Kier molecular flexibility index (Phi) is 5.73. The summed E-state index contributed by atoms with van der Waals surface area (Å²) in [6.45, 7) is 8.23. The van der Waals surface area contributed by atoms with Crippen molar-refractivity contribution in [1.82, 2.24) is 9.97 Å². The van der Waals surface area contributed by atoms with Crippen molar-refractivity contribution in [2.24, 2.45) is 0 Å². The molecule has 0 radical (unpaired) electrons. The van der Waals surface area contributed by atoms with Gasteiger partial charge in [0, 0.05) is 31.9 Å². The van der Waals surface area contributed by atoms with Gasteiger partial charge >= 0.3 is 0 Å². The van der Waals surface area contributed by atoms with Crippen molar-refractivity contribution in [3.8, 4) is 0 Å². The second kappa shape index (κ2) is 7.09. The number of unbranched alkanes of at least 4 members (excludes halogenated alkanes) is 2. The Labute approximate surface area is 104 Å². The van der Waals surface area contributed by atoms with Gasteiger partial charge in [0.1, 0.15) is 5.82 Å². The number of hydrogen-bond acceptors (Lipinski definition) is 4. The van der Waals surface area contributed by atoms with E-state index in [4.69, 9.17) is 0 Å². The minimum absolute atomic E-state index is 0.718. The van der Waals surface area contributed by atoms with Crippen LogP contribution in [0.3, 0.4) is 0 Å². The van der Waals surface area contributed by atoms with Gasteiger partial charge in [0.25, 0.3) is 0 Å². The smallest absolute Gasteiger partial charge is 0.224 e. The van der Waals surface area contributed by atoms with Crippen LogP contribution in [0.15, 0.2) is 6.20 Å². The average molecular weight is 236 g/mol. The molecular weight excluding hydrogens is 212 g/mol. The summed E-state index contributed by atoms with van der Waals surface area (Å²) in [6.07, 6.45) is 5.62. The van der Waals surface area contributed by atoms with E-state index in [0.29, 0.717) is 0 Å². The highest BCUT2D eigenvalue weighted by molar-refractivity contribution is 5.48. The fourth-order valence-electron chi connectivity index (χ4n) is 1.77. The predicted molar refractivity (Wildman–Crippen MR) is 73.7 cm³/mol. The van der Waals surface area contributed by atoms with Crippen LogP contribution < -0.4 is 10.2 Å². The first-order valence-electron chi connectivity index (χ1n) is 6.47. The first-order chi connectivity index (χ1) is 8.19. The van der Waals surface area contributed by atoms with Crippen molar-refractivity contribution >= 4 is 11.8 Å². The molecule has 1 aromatic heterocycles. The number of rotatable bonds is 7. The fourth-order valence-corrected chi connectivity index (χ4v) is 1.77. The van der Waals surface area contributed by atoms with Crippen molar-refractivity contribution in [2.45, 2.75) is 40.0 Å². The minimum atomic E-state index is 0.718. The Morgan fingerprint density at radius 1 is 1.29 bits per heavy atom. The van der Waals surface area contributed by atoms with E-state index in [0.717, 1.165) is 30.4 Å². The predicted octanol–water partition coefficient (Wildman–Crippen LogP) is 2.84. The zero-order chi connectivity index (χ0) is 12.7. The lowest BCUT2D eigenvalue weighted by Gasteiger charge is -2.20. The maximum absolute atomic E-state index is 4.54. The van der Waals surface area contributed by atoms with Gasteiger partial charge in [0.05, 0.1) is 0 Å².